The van der Waals surface area contributed by atoms with Crippen molar-refractivity contribution in [3.63, 3.8) is 0 Å². The molecule has 168 valence electrons. The van der Waals surface area contributed by atoms with E-state index in [9.17, 15) is 19.5 Å². The van der Waals surface area contributed by atoms with E-state index < -0.39 is 5.97 Å². The molecule has 0 aliphatic carbocycles. The maximum absolute atomic E-state index is 13.0. The van der Waals surface area contributed by atoms with Gasteiger partial charge in [0.15, 0.2) is 0 Å². The third-order valence-corrected chi connectivity index (χ3v) is 8.60. The van der Waals surface area contributed by atoms with Crippen molar-refractivity contribution in [1.29, 1.82) is 0 Å². The summed E-state index contributed by atoms with van der Waals surface area (Å²) in [5.74, 6) is -1.75. The van der Waals surface area contributed by atoms with Gasteiger partial charge in [0.2, 0.25) is 11.8 Å². The average molecular weight is 561 g/mol. The number of carbonyl (C=O) groups is 3. The molecule has 0 saturated carbocycles. The Kier molecular flexibility index (Phi) is 6.27. The fourth-order valence-electron chi connectivity index (χ4n) is 4.67. The van der Waals surface area contributed by atoms with E-state index in [2.05, 4.69) is 43.4 Å². The standard InChI is InChI=1S/C18H24IN7O4S/c1-8(25-7-21-22-23-25)12-13-10(5-19)15(14(18(29)30)26(13)17(12)28)31-9-4-11(20-6-9)16(27)24(2)3/h7-13,20H,4-6H2,1-3H3,(H,29,30)/t8-,9?,10?,11?,12?,13-/m1/s1. The van der Waals surface area contributed by atoms with Gasteiger partial charge in [-0.05, 0) is 23.8 Å². The van der Waals surface area contributed by atoms with Gasteiger partial charge >= 0.3 is 5.97 Å². The molecule has 2 amide bonds. The lowest BCUT2D eigenvalue weighted by molar-refractivity contribution is -0.159. The van der Waals surface area contributed by atoms with Gasteiger partial charge in [-0.3, -0.25) is 9.59 Å². The predicted octanol–water partition coefficient (Wildman–Crippen LogP) is -0.0260. The number of aromatic nitrogens is 4. The number of carboxylic acid groups (broad SMARTS) is 1. The lowest BCUT2D eigenvalue weighted by Crippen LogP contribution is -2.63. The monoisotopic (exact) mass is 561 g/mol. The lowest BCUT2D eigenvalue weighted by Gasteiger charge is -2.47. The van der Waals surface area contributed by atoms with E-state index >= 15 is 0 Å². The smallest absolute Gasteiger partial charge is 0.353 e. The normalized spacial score (nSPS) is 30.9. The van der Waals surface area contributed by atoms with Crippen molar-refractivity contribution in [2.45, 2.75) is 36.7 Å². The number of amides is 2. The largest absolute Gasteiger partial charge is 0.477 e. The van der Waals surface area contributed by atoms with E-state index in [0.29, 0.717) is 17.4 Å². The maximum Gasteiger partial charge on any atom is 0.353 e. The number of rotatable bonds is 7. The quantitative estimate of drug-likeness (QED) is 0.268. The molecule has 6 atom stereocenters. The Morgan fingerprint density at radius 3 is 2.77 bits per heavy atom. The molecule has 3 aliphatic rings. The molecule has 4 heterocycles. The van der Waals surface area contributed by atoms with Crippen LogP contribution in [0.3, 0.4) is 0 Å². The van der Waals surface area contributed by atoms with Crippen molar-refractivity contribution in [3.8, 4) is 0 Å². The number of hydrogen-bond acceptors (Lipinski definition) is 8. The molecule has 4 rings (SSSR count). The van der Waals surface area contributed by atoms with E-state index in [-0.39, 0.29) is 52.7 Å². The molecule has 11 nitrogen and oxygen atoms in total. The Hall–Kier alpha value is -1.74. The first-order valence-corrected chi connectivity index (χ1v) is 12.4. The number of nitrogens with zero attached hydrogens (tertiary/aromatic N) is 6. The zero-order chi connectivity index (χ0) is 22.4. The zero-order valence-electron chi connectivity index (χ0n) is 17.3. The topological polar surface area (TPSA) is 134 Å². The highest BCUT2D eigenvalue weighted by atomic mass is 127. The molecule has 3 aliphatic heterocycles. The number of carbonyl (C=O) groups excluding carboxylic acids is 2. The van der Waals surface area contributed by atoms with Crippen molar-refractivity contribution in [1.82, 2.24) is 35.3 Å². The Morgan fingerprint density at radius 2 is 2.19 bits per heavy atom. The van der Waals surface area contributed by atoms with E-state index in [1.54, 1.807) is 23.7 Å². The van der Waals surface area contributed by atoms with Crippen molar-refractivity contribution >= 4 is 52.1 Å². The number of hydrogen-bond donors (Lipinski definition) is 2. The summed E-state index contributed by atoms with van der Waals surface area (Å²) in [4.78, 5) is 41.2. The molecule has 13 heteroatoms. The van der Waals surface area contributed by atoms with Gasteiger partial charge in [-0.15, -0.1) is 16.9 Å². The highest BCUT2D eigenvalue weighted by Crippen LogP contribution is 2.54. The first-order valence-electron chi connectivity index (χ1n) is 9.96. The van der Waals surface area contributed by atoms with Crippen LogP contribution in [0.25, 0.3) is 0 Å². The summed E-state index contributed by atoms with van der Waals surface area (Å²) in [5, 5.41) is 24.5. The van der Waals surface area contributed by atoms with Gasteiger partial charge in [0, 0.05) is 41.1 Å². The molecule has 2 fully saturated rings. The SMILES string of the molecule is C[C@H](C1C(=O)N2C(C(=O)O)=C(SC3CNC(C(=O)N(C)C)C3)C(CI)[C@H]12)n1cnnn1. The van der Waals surface area contributed by atoms with Crippen LogP contribution in [0.5, 0.6) is 0 Å². The Labute approximate surface area is 197 Å². The molecule has 2 saturated heterocycles. The van der Waals surface area contributed by atoms with Gasteiger partial charge in [0.25, 0.3) is 0 Å². The third-order valence-electron chi connectivity index (χ3n) is 6.21. The van der Waals surface area contributed by atoms with Crippen molar-refractivity contribution in [2.75, 3.05) is 25.1 Å². The molecule has 1 aromatic rings. The highest BCUT2D eigenvalue weighted by Gasteiger charge is 2.61. The number of β-lactam (4-membered cyclic amide) rings is 1. The van der Waals surface area contributed by atoms with Crippen LogP contribution in [0, 0.1) is 11.8 Å². The second-order valence-electron chi connectivity index (χ2n) is 8.20. The predicted molar refractivity (Wildman–Crippen MR) is 120 cm³/mol. The van der Waals surface area contributed by atoms with Crippen LogP contribution in [0.4, 0.5) is 0 Å². The fourth-order valence-corrected chi connectivity index (χ4v) is 7.45. The molecule has 0 spiro atoms. The molecule has 0 aromatic carbocycles. The number of likely N-dealkylation sites (N-methyl/N-ethyl adjacent to an activating group) is 1. The molecular weight excluding hydrogens is 537 g/mol. The molecule has 0 bridgehead atoms. The van der Waals surface area contributed by atoms with E-state index in [0.717, 1.165) is 4.91 Å². The van der Waals surface area contributed by atoms with Gasteiger partial charge < -0.3 is 20.2 Å². The van der Waals surface area contributed by atoms with Crippen molar-refractivity contribution in [3.05, 3.63) is 16.9 Å². The molecular formula is C18H24IN7O4S. The maximum atomic E-state index is 13.0. The van der Waals surface area contributed by atoms with E-state index in [1.807, 2.05) is 6.92 Å². The van der Waals surface area contributed by atoms with Crippen LogP contribution in [0.15, 0.2) is 16.9 Å². The summed E-state index contributed by atoms with van der Waals surface area (Å²) in [6.07, 6.45) is 2.09. The summed E-state index contributed by atoms with van der Waals surface area (Å²) in [6, 6.07) is -0.776. The average Bonchev–Trinajstić information content (AvgIpc) is 3.46. The molecule has 1 aromatic heterocycles. The fraction of sp³-hybridized carbons (Fsp3) is 0.667. The summed E-state index contributed by atoms with van der Waals surface area (Å²) < 4.78 is 2.23. The van der Waals surface area contributed by atoms with Crippen LogP contribution >= 0.6 is 34.4 Å². The Balaban J connectivity index is 1.57. The summed E-state index contributed by atoms with van der Waals surface area (Å²) in [7, 11) is 3.45. The van der Waals surface area contributed by atoms with Gasteiger partial charge in [0.1, 0.15) is 12.0 Å². The zero-order valence-corrected chi connectivity index (χ0v) is 20.3. The number of halogens is 1. The van der Waals surface area contributed by atoms with Crippen molar-refractivity contribution in [2.24, 2.45) is 11.8 Å². The van der Waals surface area contributed by atoms with Gasteiger partial charge in [-0.25, -0.2) is 9.48 Å². The number of aliphatic carboxylic acids is 1. The summed E-state index contributed by atoms with van der Waals surface area (Å²) >= 11 is 3.76. The van der Waals surface area contributed by atoms with Crippen molar-refractivity contribution < 1.29 is 19.5 Å². The van der Waals surface area contributed by atoms with Crippen LogP contribution in [0.2, 0.25) is 0 Å². The van der Waals surface area contributed by atoms with E-state index in [1.165, 1.54) is 23.0 Å². The van der Waals surface area contributed by atoms with Gasteiger partial charge in [-0.1, -0.05) is 22.6 Å². The minimum atomic E-state index is -1.09. The number of thioether (sulfide) groups is 1. The molecule has 4 unspecified atom stereocenters. The van der Waals surface area contributed by atoms with Crippen LogP contribution in [-0.2, 0) is 14.4 Å². The lowest BCUT2D eigenvalue weighted by atomic mass is 9.78. The van der Waals surface area contributed by atoms with Gasteiger partial charge in [-0.2, -0.15) is 0 Å². The molecule has 0 radical (unpaired) electrons. The third kappa shape index (κ3) is 3.73. The summed E-state index contributed by atoms with van der Waals surface area (Å²) in [5.41, 5.74) is 0.0872. The van der Waals surface area contributed by atoms with Gasteiger partial charge in [0.05, 0.1) is 24.0 Å². The molecule has 31 heavy (non-hydrogen) atoms. The van der Waals surface area contributed by atoms with Crippen LogP contribution in [-0.4, -0.2) is 95.3 Å². The Bertz CT molecular complexity index is 924. The highest BCUT2D eigenvalue weighted by molar-refractivity contribution is 14.1. The second kappa shape index (κ2) is 8.65. The Morgan fingerprint density at radius 1 is 1.45 bits per heavy atom. The number of carboxylic acids is 1. The number of fused-ring (bicyclic) bond motifs is 1. The first kappa shape index (κ1) is 22.5. The number of tetrazole rings is 1. The first-order chi connectivity index (χ1) is 14.8. The number of alkyl halides is 1. The minimum Gasteiger partial charge on any atom is -0.477 e. The number of nitrogens with one attached hydrogen (secondary N) is 1. The van der Waals surface area contributed by atoms with Crippen LogP contribution in [0.1, 0.15) is 19.4 Å². The second-order valence-corrected chi connectivity index (χ2v) is 10.4. The minimum absolute atomic E-state index is 0.0155. The van der Waals surface area contributed by atoms with E-state index in [4.69, 9.17) is 0 Å². The summed E-state index contributed by atoms with van der Waals surface area (Å²) in [6.45, 7) is 2.49. The molecule has 2 N–H and O–H groups in total. The van der Waals surface area contributed by atoms with Crippen LogP contribution < -0.4 is 5.32 Å².